The van der Waals surface area contributed by atoms with E-state index in [4.69, 9.17) is 9.47 Å². The van der Waals surface area contributed by atoms with Crippen LogP contribution in [-0.4, -0.2) is 39.2 Å². The van der Waals surface area contributed by atoms with Crippen LogP contribution in [-0.2, 0) is 17.8 Å². The minimum atomic E-state index is -0.617. The molecule has 3 heterocycles. The lowest BCUT2D eigenvalue weighted by molar-refractivity contribution is -0.117. The summed E-state index contributed by atoms with van der Waals surface area (Å²) in [7, 11) is 0. The van der Waals surface area contributed by atoms with E-state index < -0.39 is 11.9 Å². The van der Waals surface area contributed by atoms with Gasteiger partial charge in [0.25, 0.3) is 0 Å². The maximum absolute atomic E-state index is 12.1. The molecule has 1 aliphatic rings. The Morgan fingerprint density at radius 3 is 3.00 bits per heavy atom. The van der Waals surface area contributed by atoms with Crippen LogP contribution < -0.4 is 20.1 Å². The van der Waals surface area contributed by atoms with Gasteiger partial charge in [-0.15, -0.1) is 21.5 Å². The third-order valence-corrected chi connectivity index (χ3v) is 5.89. The van der Waals surface area contributed by atoms with Gasteiger partial charge in [0.05, 0.1) is 5.75 Å². The maximum Gasteiger partial charge on any atom is 0.325 e. The van der Waals surface area contributed by atoms with Gasteiger partial charge in [-0.3, -0.25) is 10.1 Å². The van der Waals surface area contributed by atoms with Gasteiger partial charge in [-0.2, -0.15) is 0 Å². The predicted octanol–water partition coefficient (Wildman–Crippen LogP) is 2.75. The molecule has 2 aromatic heterocycles. The van der Waals surface area contributed by atoms with E-state index in [2.05, 4.69) is 26.9 Å². The Kier molecular flexibility index (Phi) is 5.96. The van der Waals surface area contributed by atoms with E-state index in [9.17, 15) is 9.59 Å². The fourth-order valence-electron chi connectivity index (χ4n) is 2.62. The highest BCUT2D eigenvalue weighted by Crippen LogP contribution is 2.34. The monoisotopic (exact) mass is 431 g/mol. The number of anilines is 1. The van der Waals surface area contributed by atoms with Crippen molar-refractivity contribution >= 4 is 40.7 Å². The third kappa shape index (κ3) is 5.06. The lowest BCUT2D eigenvalue weighted by atomic mass is 10.3. The van der Waals surface area contributed by atoms with Gasteiger partial charge in [0.15, 0.2) is 16.7 Å². The number of thioether (sulfide) groups is 1. The molecule has 2 N–H and O–H groups in total. The topological polar surface area (TPSA) is 107 Å². The quantitative estimate of drug-likeness (QED) is 0.554. The molecule has 150 valence electrons. The number of nitrogens with one attached hydrogen (secondary N) is 2. The number of imide groups is 1. The number of hydrogen-bond donors (Lipinski definition) is 2. The summed E-state index contributed by atoms with van der Waals surface area (Å²) in [5.41, 5.74) is 0.500. The van der Waals surface area contributed by atoms with Crippen LogP contribution in [0.25, 0.3) is 0 Å². The van der Waals surface area contributed by atoms with Crippen molar-refractivity contribution in [3.63, 3.8) is 0 Å². The van der Waals surface area contributed by atoms with Crippen molar-refractivity contribution in [2.45, 2.75) is 18.1 Å². The van der Waals surface area contributed by atoms with Gasteiger partial charge >= 0.3 is 6.03 Å². The summed E-state index contributed by atoms with van der Waals surface area (Å²) < 4.78 is 12.4. The fourth-order valence-corrected chi connectivity index (χ4v) is 4.06. The Morgan fingerprint density at radius 1 is 1.24 bits per heavy atom. The first kappa shape index (κ1) is 19.3. The third-order valence-electron chi connectivity index (χ3n) is 3.97. The number of benzene rings is 1. The van der Waals surface area contributed by atoms with Crippen molar-refractivity contribution in [3.05, 3.63) is 46.9 Å². The smallest absolute Gasteiger partial charge is 0.325 e. The number of ether oxygens (including phenoxy) is 2. The van der Waals surface area contributed by atoms with E-state index in [-0.39, 0.29) is 12.5 Å². The molecule has 29 heavy (non-hydrogen) atoms. The molecule has 0 saturated heterocycles. The summed E-state index contributed by atoms with van der Waals surface area (Å²) in [5, 5.41) is 15.5. The van der Waals surface area contributed by atoms with Crippen LogP contribution in [0.4, 0.5) is 10.5 Å². The second kappa shape index (κ2) is 8.97. The van der Waals surface area contributed by atoms with Crippen molar-refractivity contribution in [1.29, 1.82) is 0 Å². The molecule has 11 heteroatoms. The molecule has 3 amide bonds. The molecule has 0 atom stereocenters. The number of fused-ring (bicyclic) bond motifs is 1. The number of urea groups is 1. The van der Waals surface area contributed by atoms with Gasteiger partial charge in [-0.1, -0.05) is 17.8 Å². The van der Waals surface area contributed by atoms with Crippen LogP contribution in [0.2, 0.25) is 0 Å². The molecule has 9 nitrogen and oxygen atoms in total. The largest absolute Gasteiger partial charge is 0.454 e. The van der Waals surface area contributed by atoms with Crippen LogP contribution in [0.5, 0.6) is 11.5 Å². The average molecular weight is 431 g/mol. The summed E-state index contributed by atoms with van der Waals surface area (Å²) >= 11 is 2.93. The second-order valence-electron chi connectivity index (χ2n) is 6.00. The Labute approximate surface area is 174 Å². The number of hydrogen-bond acceptors (Lipinski definition) is 8. The number of carbonyl (C=O) groups excluding carboxylic acids is 2. The summed E-state index contributed by atoms with van der Waals surface area (Å²) in [6, 6.07) is 8.47. The van der Waals surface area contributed by atoms with Gasteiger partial charge in [-0.25, -0.2) is 4.79 Å². The molecule has 0 fully saturated rings. The molecule has 0 bridgehead atoms. The molecule has 3 aromatic rings. The van der Waals surface area contributed by atoms with E-state index in [1.54, 1.807) is 35.9 Å². The van der Waals surface area contributed by atoms with E-state index in [1.807, 2.05) is 16.0 Å². The number of nitrogens with zero attached hydrogens (tertiary/aromatic N) is 3. The summed E-state index contributed by atoms with van der Waals surface area (Å²) in [4.78, 5) is 25.4. The normalized spacial score (nSPS) is 12.0. The molecule has 0 radical (unpaired) electrons. The van der Waals surface area contributed by atoms with Gasteiger partial charge < -0.3 is 19.4 Å². The number of aromatic nitrogens is 3. The van der Waals surface area contributed by atoms with Crippen LogP contribution >= 0.6 is 23.1 Å². The number of thiophene rings is 1. The van der Waals surface area contributed by atoms with Crippen molar-refractivity contribution in [3.8, 4) is 11.5 Å². The van der Waals surface area contributed by atoms with Crippen LogP contribution in [0.15, 0.2) is 47.2 Å². The Bertz CT molecular complexity index is 1010. The molecule has 0 unspecified atom stereocenters. The van der Waals surface area contributed by atoms with E-state index in [1.165, 1.54) is 16.6 Å². The van der Waals surface area contributed by atoms with Crippen molar-refractivity contribution in [2.75, 3.05) is 17.9 Å². The van der Waals surface area contributed by atoms with E-state index in [0.29, 0.717) is 22.3 Å². The van der Waals surface area contributed by atoms with Crippen LogP contribution in [0, 0.1) is 0 Å². The molecule has 0 spiro atoms. The molecule has 0 aliphatic carbocycles. The lowest BCUT2D eigenvalue weighted by Crippen LogP contribution is -2.35. The minimum Gasteiger partial charge on any atom is -0.454 e. The minimum absolute atomic E-state index is 0.0479. The lowest BCUT2D eigenvalue weighted by Gasteiger charge is -2.08. The fraction of sp³-hybridized carbons (Fsp3) is 0.222. The van der Waals surface area contributed by atoms with Gasteiger partial charge in [-0.05, 0) is 30.0 Å². The Hall–Kier alpha value is -3.05. The number of carbonyl (C=O) groups is 2. The van der Waals surface area contributed by atoms with Crippen LogP contribution in [0.3, 0.4) is 0 Å². The molecule has 0 saturated carbocycles. The van der Waals surface area contributed by atoms with E-state index in [0.717, 1.165) is 13.0 Å². The van der Waals surface area contributed by atoms with Crippen molar-refractivity contribution in [2.24, 2.45) is 0 Å². The van der Waals surface area contributed by atoms with Crippen LogP contribution in [0.1, 0.15) is 4.88 Å². The number of rotatable bonds is 7. The Balaban J connectivity index is 1.24. The molecule has 4 rings (SSSR count). The standard InChI is InChI=1S/C18H17N5O4S2/c24-16(21-17(25)20-12-3-4-14-15(8-12)27-11-26-14)9-29-18-22-19-10-23(18)6-5-13-2-1-7-28-13/h1-4,7-8,10H,5-6,9,11H2,(H2,20,21,24,25). The average Bonchev–Trinajstić information content (AvgIpc) is 3.45. The first-order chi connectivity index (χ1) is 14.2. The van der Waals surface area contributed by atoms with Crippen molar-refractivity contribution < 1.29 is 19.1 Å². The first-order valence-electron chi connectivity index (χ1n) is 8.71. The highest BCUT2D eigenvalue weighted by molar-refractivity contribution is 7.99. The first-order valence-corrected chi connectivity index (χ1v) is 10.6. The SMILES string of the molecule is O=C(CSc1nncn1CCc1cccs1)NC(=O)Nc1ccc2c(c1)OCO2. The number of aryl methyl sites for hydroxylation is 2. The second-order valence-corrected chi connectivity index (χ2v) is 7.97. The number of amides is 3. The van der Waals surface area contributed by atoms with Crippen molar-refractivity contribution in [1.82, 2.24) is 20.1 Å². The Morgan fingerprint density at radius 2 is 2.14 bits per heavy atom. The van der Waals surface area contributed by atoms with Gasteiger partial charge in [0.1, 0.15) is 6.33 Å². The molecular formula is C18H17N5O4S2. The van der Waals surface area contributed by atoms with E-state index >= 15 is 0 Å². The molecule has 1 aromatic carbocycles. The maximum atomic E-state index is 12.1. The molecule has 1 aliphatic heterocycles. The predicted molar refractivity (Wildman–Crippen MR) is 108 cm³/mol. The zero-order valence-corrected chi connectivity index (χ0v) is 16.8. The van der Waals surface area contributed by atoms with Gasteiger partial charge in [0, 0.05) is 23.2 Å². The summed E-state index contributed by atoms with van der Waals surface area (Å²) in [6.07, 6.45) is 2.51. The molecular weight excluding hydrogens is 414 g/mol. The van der Waals surface area contributed by atoms with Gasteiger partial charge in [0.2, 0.25) is 12.7 Å². The highest BCUT2D eigenvalue weighted by Gasteiger charge is 2.15. The highest BCUT2D eigenvalue weighted by atomic mass is 32.2. The summed E-state index contributed by atoms with van der Waals surface area (Å²) in [5.74, 6) is 0.783. The summed E-state index contributed by atoms with van der Waals surface area (Å²) in [6.45, 7) is 0.876. The zero-order valence-electron chi connectivity index (χ0n) is 15.2. The zero-order chi connectivity index (χ0) is 20.1.